The molecule has 2 aromatic rings. The van der Waals surface area contributed by atoms with E-state index in [4.69, 9.17) is 4.74 Å². The van der Waals surface area contributed by atoms with Crippen LogP contribution in [0.25, 0.3) is 0 Å². The topological polar surface area (TPSA) is 126 Å². The average Bonchev–Trinajstić information content (AvgIpc) is 2.73. The predicted octanol–water partition coefficient (Wildman–Crippen LogP) is 0.971. The minimum Gasteiger partial charge on any atom is -0.494 e. The molecule has 2 rings (SSSR count). The Bertz CT molecular complexity index is 918. The van der Waals surface area contributed by atoms with Gasteiger partial charge in [0.05, 0.1) is 11.5 Å². The number of benzene rings is 1. The number of nitrogens with zero attached hydrogens (tertiary/aromatic N) is 1. The fraction of sp³-hybridized carbons (Fsp3) is 0.350. The smallest absolute Gasteiger partial charge is 0.240 e. The van der Waals surface area contributed by atoms with Crippen LogP contribution in [0.4, 0.5) is 0 Å². The van der Waals surface area contributed by atoms with Crippen molar-refractivity contribution in [3.05, 3.63) is 54.4 Å². The van der Waals surface area contributed by atoms with Gasteiger partial charge in [0, 0.05) is 44.9 Å². The molecule has 10 heteroatoms. The first kappa shape index (κ1) is 23.3. The number of pyridine rings is 1. The molecule has 0 saturated carbocycles. The molecule has 0 aliphatic rings. The molecule has 0 aliphatic carbocycles. The second-order valence-electron chi connectivity index (χ2n) is 6.28. The van der Waals surface area contributed by atoms with Gasteiger partial charge in [0.25, 0.3) is 0 Å². The van der Waals surface area contributed by atoms with Gasteiger partial charge in [-0.05, 0) is 48.9 Å². The third-order valence-corrected chi connectivity index (χ3v) is 5.48. The molecule has 0 unspecified atom stereocenters. The van der Waals surface area contributed by atoms with E-state index in [9.17, 15) is 18.0 Å². The summed E-state index contributed by atoms with van der Waals surface area (Å²) in [7, 11) is -3.71. The lowest BCUT2D eigenvalue weighted by molar-refractivity contribution is -0.122. The number of carbonyl (C=O) groups is 2. The molecule has 1 heterocycles. The molecule has 1 aromatic heterocycles. The Morgan fingerprint density at radius 1 is 0.933 bits per heavy atom. The summed E-state index contributed by atoms with van der Waals surface area (Å²) in [4.78, 5) is 27.6. The molecule has 0 saturated heterocycles. The van der Waals surface area contributed by atoms with Gasteiger partial charge in [0.1, 0.15) is 5.75 Å². The number of nitrogens with one attached hydrogen (secondary N) is 3. The number of amides is 2. The quantitative estimate of drug-likeness (QED) is 0.457. The van der Waals surface area contributed by atoms with E-state index in [1.807, 2.05) is 6.92 Å². The molecule has 0 radical (unpaired) electrons. The molecule has 162 valence electrons. The molecule has 0 aliphatic heterocycles. The van der Waals surface area contributed by atoms with E-state index in [1.54, 1.807) is 36.7 Å². The minimum atomic E-state index is -3.71. The fourth-order valence-electron chi connectivity index (χ4n) is 2.46. The first-order valence-electron chi connectivity index (χ1n) is 9.55. The summed E-state index contributed by atoms with van der Waals surface area (Å²) in [6, 6.07) is 9.64. The average molecular weight is 435 g/mol. The van der Waals surface area contributed by atoms with E-state index in [2.05, 4.69) is 20.3 Å². The maximum atomic E-state index is 12.2. The van der Waals surface area contributed by atoms with Gasteiger partial charge in [-0.15, -0.1) is 0 Å². The molecular weight excluding hydrogens is 408 g/mol. The van der Waals surface area contributed by atoms with E-state index in [-0.39, 0.29) is 42.6 Å². The van der Waals surface area contributed by atoms with Crippen LogP contribution in [0.1, 0.15) is 25.3 Å². The molecule has 2 amide bonds. The van der Waals surface area contributed by atoms with Crippen molar-refractivity contribution in [3.8, 4) is 5.75 Å². The van der Waals surface area contributed by atoms with Crippen LogP contribution in [0, 0.1) is 0 Å². The summed E-state index contributed by atoms with van der Waals surface area (Å²) in [5.74, 6) is 0.0512. The van der Waals surface area contributed by atoms with Gasteiger partial charge in [-0.1, -0.05) is 0 Å². The van der Waals surface area contributed by atoms with E-state index < -0.39 is 10.0 Å². The Hall–Kier alpha value is -2.98. The molecule has 3 N–H and O–H groups in total. The van der Waals surface area contributed by atoms with Crippen LogP contribution < -0.4 is 20.1 Å². The zero-order valence-electron chi connectivity index (χ0n) is 16.8. The van der Waals surface area contributed by atoms with Crippen LogP contribution in [-0.4, -0.2) is 44.9 Å². The molecular formula is C20H26N4O5S. The Labute approximate surface area is 176 Å². The van der Waals surface area contributed by atoms with E-state index in [1.165, 1.54) is 12.1 Å². The second kappa shape index (κ2) is 11.9. The second-order valence-corrected chi connectivity index (χ2v) is 8.05. The Balaban J connectivity index is 1.63. The molecule has 0 atom stereocenters. The van der Waals surface area contributed by atoms with E-state index in [0.29, 0.717) is 18.9 Å². The molecule has 0 fully saturated rings. The molecule has 1 aromatic carbocycles. The van der Waals surface area contributed by atoms with Crippen molar-refractivity contribution in [3.63, 3.8) is 0 Å². The summed E-state index contributed by atoms with van der Waals surface area (Å²) in [6.07, 6.45) is 3.39. The van der Waals surface area contributed by atoms with Crippen molar-refractivity contribution in [1.29, 1.82) is 0 Å². The molecule has 0 spiro atoms. The van der Waals surface area contributed by atoms with Crippen molar-refractivity contribution in [1.82, 2.24) is 20.3 Å². The highest BCUT2D eigenvalue weighted by Gasteiger charge is 2.14. The van der Waals surface area contributed by atoms with Crippen LogP contribution in [-0.2, 0) is 26.2 Å². The van der Waals surface area contributed by atoms with Crippen LogP contribution >= 0.6 is 0 Å². The third kappa shape index (κ3) is 8.18. The number of hydrogen-bond acceptors (Lipinski definition) is 6. The number of rotatable bonds is 12. The lowest BCUT2D eigenvalue weighted by Crippen LogP contribution is -2.33. The van der Waals surface area contributed by atoms with Gasteiger partial charge >= 0.3 is 0 Å². The maximum absolute atomic E-state index is 12.2. The standard InChI is InChI=1S/C20H26N4O5S/c1-2-29-17-3-5-18(6-4-17)30(27,28)24-14-10-19(25)22-13-9-20(26)23-15-16-7-11-21-12-8-16/h3-8,11-12,24H,2,9-10,13-15H2,1H3,(H,22,25)(H,23,26). The van der Waals surface area contributed by atoms with Gasteiger partial charge in [-0.2, -0.15) is 0 Å². The first-order valence-corrected chi connectivity index (χ1v) is 11.0. The summed E-state index contributed by atoms with van der Waals surface area (Å²) >= 11 is 0. The normalized spacial score (nSPS) is 11.0. The lowest BCUT2D eigenvalue weighted by Gasteiger charge is -2.09. The predicted molar refractivity (Wildman–Crippen MR) is 111 cm³/mol. The Morgan fingerprint density at radius 3 is 2.23 bits per heavy atom. The van der Waals surface area contributed by atoms with Crippen molar-refractivity contribution in [2.75, 3.05) is 19.7 Å². The minimum absolute atomic E-state index is 0.0328. The van der Waals surface area contributed by atoms with Crippen molar-refractivity contribution in [2.24, 2.45) is 0 Å². The fourth-order valence-corrected chi connectivity index (χ4v) is 3.49. The van der Waals surface area contributed by atoms with Crippen LogP contribution in [0.5, 0.6) is 5.75 Å². The van der Waals surface area contributed by atoms with E-state index in [0.717, 1.165) is 5.56 Å². The van der Waals surface area contributed by atoms with Crippen LogP contribution in [0.15, 0.2) is 53.7 Å². The highest BCUT2D eigenvalue weighted by molar-refractivity contribution is 7.89. The number of sulfonamides is 1. The van der Waals surface area contributed by atoms with Gasteiger partial charge in [-0.25, -0.2) is 13.1 Å². The van der Waals surface area contributed by atoms with Gasteiger partial charge in [0.15, 0.2) is 0 Å². The highest BCUT2D eigenvalue weighted by Crippen LogP contribution is 2.15. The Kier molecular flexibility index (Phi) is 9.23. The lowest BCUT2D eigenvalue weighted by atomic mass is 10.2. The van der Waals surface area contributed by atoms with E-state index >= 15 is 0 Å². The molecule has 0 bridgehead atoms. The summed E-state index contributed by atoms with van der Waals surface area (Å²) in [5, 5.41) is 5.35. The first-order chi connectivity index (χ1) is 14.4. The van der Waals surface area contributed by atoms with Gasteiger partial charge in [0.2, 0.25) is 21.8 Å². The molecule has 9 nitrogen and oxygen atoms in total. The number of aromatic nitrogens is 1. The van der Waals surface area contributed by atoms with Crippen LogP contribution in [0.2, 0.25) is 0 Å². The van der Waals surface area contributed by atoms with Crippen molar-refractivity contribution < 1.29 is 22.7 Å². The largest absolute Gasteiger partial charge is 0.494 e. The molecule has 30 heavy (non-hydrogen) atoms. The zero-order chi connectivity index (χ0) is 21.8. The third-order valence-electron chi connectivity index (χ3n) is 4.00. The maximum Gasteiger partial charge on any atom is 0.240 e. The number of carbonyl (C=O) groups excluding carboxylic acids is 2. The summed E-state index contributed by atoms with van der Waals surface area (Å²) in [5.41, 5.74) is 0.933. The van der Waals surface area contributed by atoms with Crippen LogP contribution in [0.3, 0.4) is 0 Å². The Morgan fingerprint density at radius 2 is 1.57 bits per heavy atom. The SMILES string of the molecule is CCOc1ccc(S(=O)(=O)NCCC(=O)NCCC(=O)NCc2ccncc2)cc1. The van der Waals surface area contributed by atoms with Gasteiger partial charge < -0.3 is 15.4 Å². The summed E-state index contributed by atoms with van der Waals surface area (Å²) in [6.45, 7) is 2.85. The monoisotopic (exact) mass is 434 g/mol. The van der Waals surface area contributed by atoms with Crippen molar-refractivity contribution in [2.45, 2.75) is 31.2 Å². The highest BCUT2D eigenvalue weighted by atomic mass is 32.2. The summed E-state index contributed by atoms with van der Waals surface area (Å²) < 4.78 is 32.1. The number of hydrogen-bond donors (Lipinski definition) is 3. The van der Waals surface area contributed by atoms with Gasteiger partial charge in [-0.3, -0.25) is 14.6 Å². The number of ether oxygens (including phenoxy) is 1. The van der Waals surface area contributed by atoms with Crippen molar-refractivity contribution >= 4 is 21.8 Å². The zero-order valence-corrected chi connectivity index (χ0v) is 17.6.